The van der Waals surface area contributed by atoms with E-state index >= 15 is 0 Å². The summed E-state index contributed by atoms with van der Waals surface area (Å²) in [5.74, 6) is -0.682. The third kappa shape index (κ3) is 3.79. The van der Waals surface area contributed by atoms with Gasteiger partial charge in [0.15, 0.2) is 0 Å². The number of anilines is 1. The minimum Gasteiger partial charge on any atom is -0.268 e. The van der Waals surface area contributed by atoms with Crippen LogP contribution in [0.5, 0.6) is 0 Å². The van der Waals surface area contributed by atoms with Gasteiger partial charge >= 0.3 is 0 Å². The van der Waals surface area contributed by atoms with E-state index in [-0.39, 0.29) is 17.1 Å². The number of benzene rings is 2. The van der Waals surface area contributed by atoms with Gasteiger partial charge in [-0.05, 0) is 49.2 Å². The smallest absolute Gasteiger partial charge is 0.268 e. The van der Waals surface area contributed by atoms with Gasteiger partial charge in [-0.15, -0.1) is 11.8 Å². The summed E-state index contributed by atoms with van der Waals surface area (Å²) in [6, 6.07) is 10.5. The van der Waals surface area contributed by atoms with Crippen molar-refractivity contribution in [2.45, 2.75) is 32.9 Å². The first-order valence-corrected chi connectivity index (χ1v) is 10.2. The average molecular weight is 420 g/mol. The first-order valence-electron chi connectivity index (χ1n) is 8.53. The number of halogens is 2. The van der Waals surface area contributed by atoms with Crippen molar-refractivity contribution >= 4 is 58.0 Å². The molecule has 140 valence electrons. The second-order valence-corrected chi connectivity index (χ2v) is 9.14. The summed E-state index contributed by atoms with van der Waals surface area (Å²) < 4.78 is 0. The van der Waals surface area contributed by atoms with E-state index in [1.807, 2.05) is 39.8 Å². The van der Waals surface area contributed by atoms with Crippen molar-refractivity contribution in [3.8, 4) is 0 Å². The zero-order valence-electron chi connectivity index (χ0n) is 15.5. The topological polar surface area (TPSA) is 37.4 Å². The van der Waals surface area contributed by atoms with Gasteiger partial charge in [-0.2, -0.15) is 0 Å². The van der Waals surface area contributed by atoms with Crippen molar-refractivity contribution in [3.63, 3.8) is 0 Å². The van der Waals surface area contributed by atoms with Crippen LogP contribution < -0.4 is 4.90 Å². The van der Waals surface area contributed by atoms with Crippen molar-refractivity contribution in [3.05, 3.63) is 68.0 Å². The molecular weight excluding hydrogens is 401 g/mol. The zero-order chi connectivity index (χ0) is 19.9. The van der Waals surface area contributed by atoms with E-state index < -0.39 is 0 Å². The van der Waals surface area contributed by atoms with Crippen LogP contribution in [0.3, 0.4) is 0 Å². The van der Waals surface area contributed by atoms with Gasteiger partial charge in [-0.25, -0.2) is 4.90 Å². The number of rotatable bonds is 4. The first-order chi connectivity index (χ1) is 12.7. The lowest BCUT2D eigenvalue weighted by Crippen LogP contribution is -2.31. The van der Waals surface area contributed by atoms with E-state index in [0.717, 1.165) is 11.1 Å². The van der Waals surface area contributed by atoms with Gasteiger partial charge < -0.3 is 0 Å². The summed E-state index contributed by atoms with van der Waals surface area (Å²) in [5.41, 5.74) is 3.54. The minimum absolute atomic E-state index is 0.137. The number of nitrogens with zero attached hydrogens (tertiary/aromatic N) is 1. The average Bonchev–Trinajstić information content (AvgIpc) is 2.81. The Kier molecular flexibility index (Phi) is 5.71. The summed E-state index contributed by atoms with van der Waals surface area (Å²) in [6.07, 6.45) is 0. The van der Waals surface area contributed by atoms with Gasteiger partial charge in [0.25, 0.3) is 11.8 Å². The molecule has 1 heterocycles. The lowest BCUT2D eigenvalue weighted by atomic mass is 10.1. The SMILES string of the molecule is Cc1ccc(N2C(=O)C(SC(C)C)=C(c3ccc(Cl)cc3Cl)C2=O)cc1C. The van der Waals surface area contributed by atoms with Gasteiger partial charge in [0.1, 0.15) is 0 Å². The predicted octanol–water partition coefficient (Wildman–Crippen LogP) is 6.04. The zero-order valence-corrected chi connectivity index (χ0v) is 17.8. The van der Waals surface area contributed by atoms with E-state index in [9.17, 15) is 9.59 Å². The molecule has 0 saturated carbocycles. The fourth-order valence-corrected chi connectivity index (χ4v) is 4.37. The summed E-state index contributed by atoms with van der Waals surface area (Å²) in [7, 11) is 0. The van der Waals surface area contributed by atoms with Crippen molar-refractivity contribution in [2.24, 2.45) is 0 Å². The summed E-state index contributed by atoms with van der Waals surface area (Å²) in [6.45, 7) is 7.91. The molecule has 0 aromatic heterocycles. The van der Waals surface area contributed by atoms with Crippen LogP contribution in [0.15, 0.2) is 41.3 Å². The molecule has 0 radical (unpaired) electrons. The van der Waals surface area contributed by atoms with Gasteiger partial charge in [0.05, 0.1) is 21.2 Å². The second kappa shape index (κ2) is 7.70. The van der Waals surface area contributed by atoms with E-state index in [2.05, 4.69) is 0 Å². The number of amides is 2. The van der Waals surface area contributed by atoms with Gasteiger partial charge in [-0.1, -0.05) is 49.2 Å². The van der Waals surface area contributed by atoms with Crippen molar-refractivity contribution in [2.75, 3.05) is 4.90 Å². The van der Waals surface area contributed by atoms with Gasteiger partial charge in [0, 0.05) is 15.8 Å². The molecule has 0 unspecified atom stereocenters. The third-order valence-corrected chi connectivity index (χ3v) is 5.98. The molecule has 1 aliphatic heterocycles. The van der Waals surface area contributed by atoms with Crippen LogP contribution in [0.2, 0.25) is 10.0 Å². The minimum atomic E-state index is -0.365. The fraction of sp³-hybridized carbons (Fsp3) is 0.238. The van der Waals surface area contributed by atoms with Crippen molar-refractivity contribution < 1.29 is 9.59 Å². The Morgan fingerprint density at radius 1 is 0.926 bits per heavy atom. The van der Waals surface area contributed by atoms with E-state index in [0.29, 0.717) is 31.8 Å². The number of carbonyl (C=O) groups excluding carboxylic acids is 2. The number of carbonyl (C=O) groups is 2. The highest BCUT2D eigenvalue weighted by Gasteiger charge is 2.41. The molecule has 3 nitrogen and oxygen atoms in total. The lowest BCUT2D eigenvalue weighted by Gasteiger charge is -2.17. The molecule has 6 heteroatoms. The molecule has 1 aliphatic rings. The monoisotopic (exact) mass is 419 g/mol. The van der Waals surface area contributed by atoms with Crippen LogP contribution >= 0.6 is 35.0 Å². The van der Waals surface area contributed by atoms with Crippen LogP contribution in [0.1, 0.15) is 30.5 Å². The molecule has 3 rings (SSSR count). The Morgan fingerprint density at radius 2 is 1.63 bits per heavy atom. The Bertz CT molecular complexity index is 982. The fourth-order valence-electron chi connectivity index (χ4n) is 2.88. The van der Waals surface area contributed by atoms with Gasteiger partial charge in [-0.3, -0.25) is 9.59 Å². The molecule has 0 aliphatic carbocycles. The number of aryl methyl sites for hydroxylation is 2. The van der Waals surface area contributed by atoms with E-state index in [4.69, 9.17) is 23.2 Å². The standard InChI is InChI=1S/C21H19Cl2NO2S/c1-11(2)27-19-18(16-8-6-14(22)10-17(16)23)20(25)24(21(19)26)15-7-5-12(3)13(4)9-15/h5-11H,1-4H3. The number of thioether (sulfide) groups is 1. The van der Waals surface area contributed by atoms with Crippen LogP contribution in [0.4, 0.5) is 5.69 Å². The predicted molar refractivity (Wildman–Crippen MR) is 115 cm³/mol. The van der Waals surface area contributed by atoms with Gasteiger partial charge in [0.2, 0.25) is 0 Å². The quantitative estimate of drug-likeness (QED) is 0.567. The van der Waals surface area contributed by atoms with Crippen molar-refractivity contribution in [1.82, 2.24) is 0 Å². The van der Waals surface area contributed by atoms with E-state index in [1.54, 1.807) is 24.3 Å². The van der Waals surface area contributed by atoms with Crippen molar-refractivity contribution in [1.29, 1.82) is 0 Å². The maximum Gasteiger partial charge on any atom is 0.272 e. The molecule has 2 amide bonds. The highest BCUT2D eigenvalue weighted by atomic mass is 35.5. The number of imide groups is 1. The van der Waals surface area contributed by atoms with Crippen LogP contribution in [-0.2, 0) is 9.59 Å². The molecule has 2 aromatic carbocycles. The van der Waals surface area contributed by atoms with Crippen LogP contribution in [0, 0.1) is 13.8 Å². The molecule has 0 N–H and O–H groups in total. The number of hydrogen-bond donors (Lipinski definition) is 0. The molecule has 0 fully saturated rings. The summed E-state index contributed by atoms with van der Waals surface area (Å²) in [5, 5.41) is 0.963. The molecule has 2 aromatic rings. The Morgan fingerprint density at radius 3 is 2.22 bits per heavy atom. The highest BCUT2D eigenvalue weighted by Crippen LogP contribution is 2.42. The Labute approximate surface area is 173 Å². The van der Waals surface area contributed by atoms with E-state index in [1.165, 1.54) is 16.7 Å². The molecule has 0 bridgehead atoms. The highest BCUT2D eigenvalue weighted by molar-refractivity contribution is 8.04. The third-order valence-electron chi connectivity index (χ3n) is 4.34. The normalized spacial score (nSPS) is 14.7. The Balaban J connectivity index is 2.15. The largest absolute Gasteiger partial charge is 0.272 e. The Hall–Kier alpha value is -1.75. The number of hydrogen-bond acceptors (Lipinski definition) is 3. The maximum absolute atomic E-state index is 13.3. The molecule has 0 spiro atoms. The van der Waals surface area contributed by atoms with Crippen LogP contribution in [0.25, 0.3) is 5.57 Å². The second-order valence-electron chi connectivity index (χ2n) is 6.71. The lowest BCUT2D eigenvalue weighted by molar-refractivity contribution is -0.119. The summed E-state index contributed by atoms with van der Waals surface area (Å²) in [4.78, 5) is 28.1. The molecule has 0 atom stereocenters. The first kappa shape index (κ1) is 20.0. The van der Waals surface area contributed by atoms with Crippen LogP contribution in [-0.4, -0.2) is 17.1 Å². The molecule has 0 saturated heterocycles. The molecular formula is C21H19Cl2NO2S. The summed E-state index contributed by atoms with van der Waals surface area (Å²) >= 11 is 13.7. The molecule has 27 heavy (non-hydrogen) atoms. The maximum atomic E-state index is 13.3.